The van der Waals surface area contributed by atoms with E-state index in [4.69, 9.17) is 0 Å². The van der Waals surface area contributed by atoms with E-state index < -0.39 is 0 Å². The van der Waals surface area contributed by atoms with Crippen LogP contribution in [0.5, 0.6) is 0 Å². The highest BCUT2D eigenvalue weighted by atomic mass is 16.2. The standard InChI is InChI=1S/C17H17N5O2/c1-21-8-6-19-17(21)20-15(23)12-4-3-11-9-14-16(24)18-5-2-7-22(14)13(11)10-12/h3-4,6,8-10H,2,5,7H2,1H3,(H,18,24)(H,19,20,23). The molecule has 0 saturated heterocycles. The van der Waals surface area contributed by atoms with Crippen molar-refractivity contribution in [3.8, 4) is 0 Å². The number of amides is 2. The minimum Gasteiger partial charge on any atom is -0.351 e. The molecule has 3 heterocycles. The number of hydrogen-bond donors (Lipinski definition) is 2. The first-order chi connectivity index (χ1) is 11.6. The number of aromatic nitrogens is 3. The lowest BCUT2D eigenvalue weighted by Gasteiger charge is -2.07. The van der Waals surface area contributed by atoms with E-state index in [9.17, 15) is 9.59 Å². The summed E-state index contributed by atoms with van der Waals surface area (Å²) in [7, 11) is 1.82. The smallest absolute Gasteiger partial charge is 0.267 e. The van der Waals surface area contributed by atoms with Crippen LogP contribution in [0.15, 0.2) is 36.7 Å². The molecule has 122 valence electrons. The molecule has 0 radical (unpaired) electrons. The molecule has 1 aromatic carbocycles. The Labute approximate surface area is 138 Å². The van der Waals surface area contributed by atoms with Gasteiger partial charge in [-0.25, -0.2) is 4.98 Å². The maximum atomic E-state index is 12.5. The van der Waals surface area contributed by atoms with E-state index in [1.165, 1.54) is 0 Å². The molecular formula is C17H17N5O2. The number of rotatable bonds is 2. The van der Waals surface area contributed by atoms with Gasteiger partial charge in [0, 0.05) is 49.0 Å². The van der Waals surface area contributed by atoms with Gasteiger partial charge in [0.1, 0.15) is 5.69 Å². The fourth-order valence-corrected chi connectivity index (χ4v) is 3.01. The molecule has 4 rings (SSSR count). The van der Waals surface area contributed by atoms with Crippen LogP contribution in [-0.2, 0) is 13.6 Å². The van der Waals surface area contributed by atoms with E-state index in [1.807, 2.05) is 29.8 Å². The molecule has 2 amide bonds. The zero-order valence-electron chi connectivity index (χ0n) is 13.2. The quantitative estimate of drug-likeness (QED) is 0.754. The van der Waals surface area contributed by atoms with Gasteiger partial charge in [-0.1, -0.05) is 6.07 Å². The first-order valence-corrected chi connectivity index (χ1v) is 7.83. The lowest BCUT2D eigenvalue weighted by molar-refractivity contribution is 0.0950. The van der Waals surface area contributed by atoms with Gasteiger partial charge in [0.2, 0.25) is 5.95 Å². The van der Waals surface area contributed by atoms with Crippen LogP contribution < -0.4 is 10.6 Å². The molecule has 0 atom stereocenters. The van der Waals surface area contributed by atoms with Gasteiger partial charge >= 0.3 is 0 Å². The Kier molecular flexibility index (Phi) is 3.34. The summed E-state index contributed by atoms with van der Waals surface area (Å²) in [5.74, 6) is 0.205. The molecule has 0 saturated carbocycles. The maximum Gasteiger partial charge on any atom is 0.267 e. The lowest BCUT2D eigenvalue weighted by atomic mass is 10.1. The Morgan fingerprint density at radius 1 is 1.33 bits per heavy atom. The highest BCUT2D eigenvalue weighted by Gasteiger charge is 2.19. The number of hydrogen-bond acceptors (Lipinski definition) is 3. The van der Waals surface area contributed by atoms with Gasteiger partial charge in [-0.15, -0.1) is 0 Å². The number of nitrogens with zero attached hydrogens (tertiary/aromatic N) is 3. The molecule has 0 bridgehead atoms. The Hall–Kier alpha value is -3.09. The number of imidazole rings is 1. The third-order valence-corrected chi connectivity index (χ3v) is 4.29. The summed E-state index contributed by atoms with van der Waals surface area (Å²) < 4.78 is 3.72. The van der Waals surface area contributed by atoms with Crippen LogP contribution in [0.25, 0.3) is 10.9 Å². The van der Waals surface area contributed by atoms with E-state index in [1.54, 1.807) is 23.0 Å². The van der Waals surface area contributed by atoms with Gasteiger partial charge in [0.25, 0.3) is 11.8 Å². The van der Waals surface area contributed by atoms with Crippen LogP contribution in [-0.4, -0.2) is 32.5 Å². The van der Waals surface area contributed by atoms with Gasteiger partial charge in [0.15, 0.2) is 0 Å². The molecule has 2 N–H and O–H groups in total. The number of fused-ring (bicyclic) bond motifs is 3. The second kappa shape index (κ2) is 5.52. The summed E-state index contributed by atoms with van der Waals surface area (Å²) >= 11 is 0. The van der Waals surface area contributed by atoms with Crippen molar-refractivity contribution in [1.29, 1.82) is 0 Å². The topological polar surface area (TPSA) is 81.0 Å². The van der Waals surface area contributed by atoms with Crippen LogP contribution in [0.2, 0.25) is 0 Å². The molecule has 3 aromatic rings. The highest BCUT2D eigenvalue weighted by Crippen LogP contribution is 2.23. The summed E-state index contributed by atoms with van der Waals surface area (Å²) in [5.41, 5.74) is 2.08. The van der Waals surface area contributed by atoms with E-state index >= 15 is 0 Å². The first-order valence-electron chi connectivity index (χ1n) is 7.83. The van der Waals surface area contributed by atoms with Crippen LogP contribution in [0.4, 0.5) is 5.95 Å². The van der Waals surface area contributed by atoms with Gasteiger partial charge in [0.05, 0.1) is 0 Å². The normalized spacial score (nSPS) is 14.1. The summed E-state index contributed by atoms with van der Waals surface area (Å²) in [6, 6.07) is 7.34. The molecule has 0 spiro atoms. The van der Waals surface area contributed by atoms with Gasteiger partial charge in [-0.05, 0) is 24.6 Å². The van der Waals surface area contributed by atoms with Crippen LogP contribution >= 0.6 is 0 Å². The summed E-state index contributed by atoms with van der Waals surface area (Å²) in [6.45, 7) is 1.42. The van der Waals surface area contributed by atoms with Crippen molar-refractivity contribution in [1.82, 2.24) is 19.4 Å². The summed E-state index contributed by atoms with van der Waals surface area (Å²) in [5, 5.41) is 6.63. The molecule has 2 aromatic heterocycles. The van der Waals surface area contributed by atoms with Crippen molar-refractivity contribution in [2.24, 2.45) is 7.05 Å². The SMILES string of the molecule is Cn1ccnc1NC(=O)c1ccc2cc3n(c2c1)CCCNC3=O. The number of carbonyl (C=O) groups excluding carboxylic acids is 2. The highest BCUT2D eigenvalue weighted by molar-refractivity contribution is 6.06. The second-order valence-electron chi connectivity index (χ2n) is 5.88. The molecular weight excluding hydrogens is 306 g/mol. The minimum atomic E-state index is -0.222. The van der Waals surface area contributed by atoms with E-state index in [2.05, 4.69) is 15.6 Å². The number of carbonyl (C=O) groups is 2. The van der Waals surface area contributed by atoms with E-state index in [0.29, 0.717) is 23.8 Å². The number of anilines is 1. The van der Waals surface area contributed by atoms with Gasteiger partial charge in [-0.2, -0.15) is 0 Å². The predicted octanol–water partition coefficient (Wildman–Crippen LogP) is 1.76. The third kappa shape index (κ3) is 2.34. The predicted molar refractivity (Wildman–Crippen MR) is 90.0 cm³/mol. The number of nitrogens with one attached hydrogen (secondary N) is 2. The first kappa shape index (κ1) is 14.5. The third-order valence-electron chi connectivity index (χ3n) is 4.29. The monoisotopic (exact) mass is 323 g/mol. The maximum absolute atomic E-state index is 12.5. The Morgan fingerprint density at radius 3 is 3.00 bits per heavy atom. The van der Waals surface area contributed by atoms with Crippen molar-refractivity contribution in [3.05, 3.63) is 47.9 Å². The Morgan fingerprint density at radius 2 is 2.21 bits per heavy atom. The van der Waals surface area contributed by atoms with Gasteiger partial charge < -0.3 is 14.5 Å². The zero-order chi connectivity index (χ0) is 16.7. The van der Waals surface area contributed by atoms with Crippen LogP contribution in [0, 0.1) is 0 Å². The van der Waals surface area contributed by atoms with Crippen molar-refractivity contribution >= 4 is 28.7 Å². The zero-order valence-corrected chi connectivity index (χ0v) is 13.2. The van der Waals surface area contributed by atoms with E-state index in [-0.39, 0.29) is 11.8 Å². The van der Waals surface area contributed by atoms with Crippen LogP contribution in [0.3, 0.4) is 0 Å². The number of benzene rings is 1. The molecule has 7 heteroatoms. The molecule has 0 unspecified atom stereocenters. The summed E-state index contributed by atoms with van der Waals surface area (Å²) in [4.78, 5) is 28.7. The molecule has 7 nitrogen and oxygen atoms in total. The van der Waals surface area contributed by atoms with Crippen molar-refractivity contribution in [3.63, 3.8) is 0 Å². The fourth-order valence-electron chi connectivity index (χ4n) is 3.01. The lowest BCUT2D eigenvalue weighted by Crippen LogP contribution is -2.22. The Bertz CT molecular complexity index is 953. The van der Waals surface area contributed by atoms with Crippen LogP contribution in [0.1, 0.15) is 27.3 Å². The van der Waals surface area contributed by atoms with Crippen molar-refractivity contribution in [2.45, 2.75) is 13.0 Å². The second-order valence-corrected chi connectivity index (χ2v) is 5.88. The molecule has 0 aliphatic carbocycles. The van der Waals surface area contributed by atoms with Gasteiger partial charge in [-0.3, -0.25) is 14.9 Å². The van der Waals surface area contributed by atoms with Crippen molar-refractivity contribution < 1.29 is 9.59 Å². The minimum absolute atomic E-state index is 0.0669. The average Bonchev–Trinajstić information content (AvgIpc) is 3.09. The fraction of sp³-hybridized carbons (Fsp3) is 0.235. The number of aryl methyl sites for hydroxylation is 2. The molecule has 1 aliphatic rings. The average molecular weight is 323 g/mol. The summed E-state index contributed by atoms with van der Waals surface area (Å²) in [6.07, 6.45) is 4.26. The van der Waals surface area contributed by atoms with E-state index in [0.717, 1.165) is 23.9 Å². The van der Waals surface area contributed by atoms with Crippen molar-refractivity contribution in [2.75, 3.05) is 11.9 Å². The molecule has 1 aliphatic heterocycles. The molecule has 0 fully saturated rings. The molecule has 24 heavy (non-hydrogen) atoms. The largest absolute Gasteiger partial charge is 0.351 e. The Balaban J connectivity index is 1.72.